The van der Waals surface area contributed by atoms with Crippen LogP contribution in [0.25, 0.3) is 0 Å². The smallest absolute Gasteiger partial charge is 0.125 e. The van der Waals surface area contributed by atoms with Gasteiger partial charge in [0.1, 0.15) is 5.75 Å². The van der Waals surface area contributed by atoms with Crippen molar-refractivity contribution in [2.75, 3.05) is 19.1 Å². The highest BCUT2D eigenvalue weighted by Crippen LogP contribution is 2.33. The molecule has 4 nitrogen and oxygen atoms in total. The third-order valence-electron chi connectivity index (χ3n) is 3.25. The van der Waals surface area contributed by atoms with Crippen molar-refractivity contribution in [2.24, 2.45) is 5.73 Å². The second kappa shape index (κ2) is 6.39. The number of aromatic nitrogens is 1. The summed E-state index contributed by atoms with van der Waals surface area (Å²) in [6.45, 7) is 2.70. The molecule has 4 heteroatoms. The van der Waals surface area contributed by atoms with Crippen LogP contribution in [0.2, 0.25) is 0 Å². The Morgan fingerprint density at radius 3 is 2.65 bits per heavy atom. The van der Waals surface area contributed by atoms with Crippen LogP contribution in [0.3, 0.4) is 0 Å². The van der Waals surface area contributed by atoms with Crippen LogP contribution in [-0.2, 0) is 6.54 Å². The fraction of sp³-hybridized carbons (Fsp3) is 0.312. The Morgan fingerprint density at radius 1 is 1.25 bits per heavy atom. The van der Waals surface area contributed by atoms with Crippen LogP contribution in [0, 0.1) is 0 Å². The van der Waals surface area contributed by atoms with Crippen molar-refractivity contribution in [3.63, 3.8) is 0 Å². The van der Waals surface area contributed by atoms with Crippen LogP contribution < -0.4 is 15.4 Å². The lowest BCUT2D eigenvalue weighted by Crippen LogP contribution is -2.21. The van der Waals surface area contributed by atoms with E-state index in [1.807, 2.05) is 44.3 Å². The van der Waals surface area contributed by atoms with Crippen molar-refractivity contribution in [3.8, 4) is 5.75 Å². The number of methoxy groups -OCH3 is 1. The predicted octanol–water partition coefficient (Wildman–Crippen LogP) is 2.75. The molecule has 0 aliphatic carbocycles. The molecule has 2 rings (SSSR count). The van der Waals surface area contributed by atoms with Gasteiger partial charge in [0.05, 0.1) is 19.3 Å². The molecule has 0 aliphatic heterocycles. The Labute approximate surface area is 120 Å². The lowest BCUT2D eigenvalue weighted by Gasteiger charge is -2.25. The molecule has 2 aromatic rings. The first-order valence-corrected chi connectivity index (χ1v) is 6.67. The molecular formula is C16H21N3O. The van der Waals surface area contributed by atoms with Gasteiger partial charge in [-0.1, -0.05) is 12.1 Å². The van der Waals surface area contributed by atoms with Gasteiger partial charge in [-0.2, -0.15) is 0 Å². The minimum absolute atomic E-state index is 0.0904. The molecule has 0 saturated heterocycles. The third kappa shape index (κ3) is 3.08. The standard InChI is InChI=1S/C16H21N3O/c1-12(17)16-14(8-6-9-15(16)20-3)19(2)11-13-7-4-5-10-18-13/h4-10,12H,11,17H2,1-3H3/t12-/m1/s1. The molecule has 106 valence electrons. The maximum Gasteiger partial charge on any atom is 0.125 e. The number of ether oxygens (including phenoxy) is 1. The van der Waals surface area contributed by atoms with Crippen LogP contribution >= 0.6 is 0 Å². The number of nitrogens with zero attached hydrogens (tertiary/aromatic N) is 2. The molecule has 0 bridgehead atoms. The summed E-state index contributed by atoms with van der Waals surface area (Å²) in [7, 11) is 3.71. The SMILES string of the molecule is COc1cccc(N(C)Cc2ccccn2)c1[C@@H](C)N. The zero-order valence-corrected chi connectivity index (χ0v) is 12.2. The molecule has 0 fully saturated rings. The molecule has 0 radical (unpaired) electrons. The fourth-order valence-electron chi connectivity index (χ4n) is 2.32. The Hall–Kier alpha value is -2.07. The number of benzene rings is 1. The molecule has 0 unspecified atom stereocenters. The molecule has 1 atom stereocenters. The van der Waals surface area contributed by atoms with E-state index in [9.17, 15) is 0 Å². The summed E-state index contributed by atoms with van der Waals surface area (Å²) in [6.07, 6.45) is 1.81. The van der Waals surface area contributed by atoms with Gasteiger partial charge in [0, 0.05) is 30.5 Å². The monoisotopic (exact) mass is 271 g/mol. The fourth-order valence-corrected chi connectivity index (χ4v) is 2.32. The zero-order chi connectivity index (χ0) is 14.5. The molecule has 1 aromatic carbocycles. The summed E-state index contributed by atoms with van der Waals surface area (Å²) < 4.78 is 5.43. The number of rotatable bonds is 5. The summed E-state index contributed by atoms with van der Waals surface area (Å²) in [5, 5.41) is 0. The van der Waals surface area contributed by atoms with Crippen molar-refractivity contribution in [3.05, 3.63) is 53.9 Å². The van der Waals surface area contributed by atoms with Crippen molar-refractivity contribution in [2.45, 2.75) is 19.5 Å². The van der Waals surface area contributed by atoms with E-state index in [-0.39, 0.29) is 6.04 Å². The summed E-state index contributed by atoms with van der Waals surface area (Å²) in [5.74, 6) is 0.824. The third-order valence-corrected chi connectivity index (χ3v) is 3.25. The van der Waals surface area contributed by atoms with Gasteiger partial charge in [0.15, 0.2) is 0 Å². The number of hydrogen-bond donors (Lipinski definition) is 1. The molecule has 0 aliphatic rings. The summed E-state index contributed by atoms with van der Waals surface area (Å²) in [5.41, 5.74) is 9.22. The highest BCUT2D eigenvalue weighted by molar-refractivity contribution is 5.60. The van der Waals surface area contributed by atoms with E-state index in [4.69, 9.17) is 10.5 Å². The van der Waals surface area contributed by atoms with E-state index >= 15 is 0 Å². The topological polar surface area (TPSA) is 51.4 Å². The normalized spacial score (nSPS) is 12.0. The van der Waals surface area contributed by atoms with Crippen LogP contribution in [0.15, 0.2) is 42.6 Å². The maximum atomic E-state index is 6.10. The van der Waals surface area contributed by atoms with Gasteiger partial charge in [-0.25, -0.2) is 0 Å². The maximum absolute atomic E-state index is 6.10. The van der Waals surface area contributed by atoms with Gasteiger partial charge < -0.3 is 15.4 Å². The minimum Gasteiger partial charge on any atom is -0.496 e. The Balaban J connectivity index is 2.32. The van der Waals surface area contributed by atoms with Crippen LogP contribution in [0.1, 0.15) is 24.2 Å². The Kier molecular flexibility index (Phi) is 4.58. The number of nitrogens with two attached hydrogens (primary N) is 1. The van der Waals surface area contributed by atoms with Crippen molar-refractivity contribution in [1.29, 1.82) is 0 Å². The number of pyridine rings is 1. The minimum atomic E-state index is -0.0904. The van der Waals surface area contributed by atoms with Crippen LogP contribution in [0.5, 0.6) is 5.75 Å². The van der Waals surface area contributed by atoms with Gasteiger partial charge >= 0.3 is 0 Å². The molecular weight excluding hydrogens is 250 g/mol. The van der Waals surface area contributed by atoms with Crippen LogP contribution in [-0.4, -0.2) is 19.1 Å². The Morgan fingerprint density at radius 2 is 2.05 bits per heavy atom. The molecule has 1 heterocycles. The average Bonchev–Trinajstić information content (AvgIpc) is 2.47. The van der Waals surface area contributed by atoms with Gasteiger partial charge in [-0.15, -0.1) is 0 Å². The van der Waals surface area contributed by atoms with E-state index in [1.54, 1.807) is 13.3 Å². The largest absolute Gasteiger partial charge is 0.496 e. The summed E-state index contributed by atoms with van der Waals surface area (Å²) in [4.78, 5) is 6.50. The zero-order valence-electron chi connectivity index (χ0n) is 12.2. The lowest BCUT2D eigenvalue weighted by atomic mass is 10.0. The quantitative estimate of drug-likeness (QED) is 0.908. The van der Waals surface area contributed by atoms with Gasteiger partial charge in [-0.3, -0.25) is 4.98 Å². The van der Waals surface area contributed by atoms with E-state index in [1.165, 1.54) is 0 Å². The van der Waals surface area contributed by atoms with E-state index in [0.29, 0.717) is 0 Å². The molecule has 0 amide bonds. The average molecular weight is 271 g/mol. The first-order chi connectivity index (χ1) is 9.63. The summed E-state index contributed by atoms with van der Waals surface area (Å²) in [6, 6.07) is 11.8. The molecule has 2 N–H and O–H groups in total. The molecule has 1 aromatic heterocycles. The molecule has 20 heavy (non-hydrogen) atoms. The number of anilines is 1. The van der Waals surface area contributed by atoms with Gasteiger partial charge in [0.25, 0.3) is 0 Å². The van der Waals surface area contributed by atoms with Gasteiger partial charge in [0.2, 0.25) is 0 Å². The predicted molar refractivity (Wildman–Crippen MR) is 81.9 cm³/mol. The van der Waals surface area contributed by atoms with E-state index in [2.05, 4.69) is 16.0 Å². The molecule has 0 spiro atoms. The highest BCUT2D eigenvalue weighted by atomic mass is 16.5. The second-order valence-electron chi connectivity index (χ2n) is 4.86. The highest BCUT2D eigenvalue weighted by Gasteiger charge is 2.16. The first kappa shape index (κ1) is 14.3. The Bertz CT molecular complexity index is 555. The van der Waals surface area contributed by atoms with Crippen molar-refractivity contribution >= 4 is 5.69 Å². The van der Waals surface area contributed by atoms with Gasteiger partial charge in [-0.05, 0) is 31.2 Å². The van der Waals surface area contributed by atoms with Crippen LogP contribution in [0.4, 0.5) is 5.69 Å². The van der Waals surface area contributed by atoms with E-state index < -0.39 is 0 Å². The molecule has 0 saturated carbocycles. The first-order valence-electron chi connectivity index (χ1n) is 6.67. The second-order valence-corrected chi connectivity index (χ2v) is 4.86. The van der Waals surface area contributed by atoms with Crippen molar-refractivity contribution < 1.29 is 4.74 Å². The van der Waals surface area contributed by atoms with Crippen molar-refractivity contribution in [1.82, 2.24) is 4.98 Å². The number of hydrogen-bond acceptors (Lipinski definition) is 4. The lowest BCUT2D eigenvalue weighted by molar-refractivity contribution is 0.407. The van der Waals surface area contributed by atoms with E-state index in [0.717, 1.165) is 29.2 Å². The summed E-state index contributed by atoms with van der Waals surface area (Å²) >= 11 is 0.